The quantitative estimate of drug-likeness (QED) is 0.195. The van der Waals surface area contributed by atoms with E-state index in [1.807, 2.05) is 82.6 Å². The molecular formula is C38H43F2N3O5. The summed E-state index contributed by atoms with van der Waals surface area (Å²) in [5.41, 5.74) is 2.31. The van der Waals surface area contributed by atoms with Crippen LogP contribution in [0.15, 0.2) is 79.0 Å². The summed E-state index contributed by atoms with van der Waals surface area (Å²) in [6.45, 7) is 12.6. The van der Waals surface area contributed by atoms with Crippen LogP contribution < -0.4 is 10.1 Å². The summed E-state index contributed by atoms with van der Waals surface area (Å²) in [4.78, 5) is 28.7. The first-order valence-electron chi connectivity index (χ1n) is 16.1. The van der Waals surface area contributed by atoms with E-state index in [2.05, 4.69) is 5.32 Å². The Bertz CT molecular complexity index is 1720. The number of likely N-dealkylation sites (tertiary alicyclic amines) is 1. The van der Waals surface area contributed by atoms with Crippen LogP contribution in [0.2, 0.25) is 0 Å². The van der Waals surface area contributed by atoms with Gasteiger partial charge in [0.25, 0.3) is 5.91 Å². The molecule has 1 aromatic heterocycles. The average Bonchev–Trinajstić information content (AvgIpc) is 3.64. The van der Waals surface area contributed by atoms with E-state index in [9.17, 15) is 18.4 Å². The summed E-state index contributed by atoms with van der Waals surface area (Å²) in [5.74, 6) is -2.15. The van der Waals surface area contributed by atoms with Crippen molar-refractivity contribution in [3.8, 4) is 22.6 Å². The minimum absolute atomic E-state index is 0.137. The maximum absolute atomic E-state index is 14.3. The number of para-hydroxylation sites is 1. The van der Waals surface area contributed by atoms with Gasteiger partial charge in [-0.25, -0.2) is 13.6 Å². The normalized spacial score (nSPS) is 15.0. The summed E-state index contributed by atoms with van der Waals surface area (Å²) in [6, 6.07) is 19.9. The topological polar surface area (TPSA) is 82.0 Å². The first-order valence-corrected chi connectivity index (χ1v) is 16.1. The zero-order valence-electron chi connectivity index (χ0n) is 28.3. The molecule has 1 saturated heterocycles. The number of hydrogen-bond donors (Lipinski definition) is 1. The molecule has 254 valence electrons. The van der Waals surface area contributed by atoms with Gasteiger partial charge in [-0.2, -0.15) is 0 Å². The first kappa shape index (κ1) is 34.6. The first-order chi connectivity index (χ1) is 22.7. The lowest BCUT2D eigenvalue weighted by atomic mass is 10.0. The van der Waals surface area contributed by atoms with E-state index in [0.29, 0.717) is 48.5 Å². The van der Waals surface area contributed by atoms with Crippen LogP contribution >= 0.6 is 0 Å². The van der Waals surface area contributed by atoms with Gasteiger partial charge in [0.1, 0.15) is 11.4 Å². The second-order valence-electron chi connectivity index (χ2n) is 14.0. The van der Waals surface area contributed by atoms with Crippen molar-refractivity contribution >= 4 is 12.0 Å². The Morgan fingerprint density at radius 1 is 0.875 bits per heavy atom. The Hall–Kier alpha value is -4.70. The summed E-state index contributed by atoms with van der Waals surface area (Å²) in [7, 11) is 0. The molecule has 8 nitrogen and oxygen atoms in total. The van der Waals surface area contributed by atoms with Gasteiger partial charge in [0.15, 0.2) is 17.4 Å². The molecule has 1 aliphatic rings. The molecule has 1 unspecified atom stereocenters. The Morgan fingerprint density at radius 3 is 2.17 bits per heavy atom. The van der Waals surface area contributed by atoms with Crippen LogP contribution in [0.4, 0.5) is 13.6 Å². The van der Waals surface area contributed by atoms with E-state index in [1.54, 1.807) is 29.2 Å². The smallest absolute Gasteiger partial charge is 0.410 e. The number of hydrogen-bond acceptors (Lipinski definition) is 5. The summed E-state index contributed by atoms with van der Waals surface area (Å²) in [5, 5.41) is 3.11. The second-order valence-corrected chi connectivity index (χ2v) is 14.0. The number of ether oxygens (including phenoxy) is 3. The van der Waals surface area contributed by atoms with E-state index in [1.165, 1.54) is 6.07 Å². The van der Waals surface area contributed by atoms with Crippen molar-refractivity contribution in [2.45, 2.75) is 78.4 Å². The number of amides is 2. The molecule has 1 N–H and O–H groups in total. The standard InChI is InChI=1S/C38H43F2N3O5/c1-37(2,3)41-35(44)33-29(26-15-17-28(18-16-26)47-34-30(39)13-10-14-31(34)40)22-43(32(33)24-46-23-25-11-8-7-9-12-25)27-19-20-42(21-27)36(45)48-38(4,5)6/h7-18,22,27H,19-21,23-24H2,1-6H3,(H,41,44). The van der Waals surface area contributed by atoms with Gasteiger partial charge in [-0.1, -0.05) is 48.5 Å². The monoisotopic (exact) mass is 659 g/mol. The molecule has 0 bridgehead atoms. The second kappa shape index (κ2) is 14.2. The van der Waals surface area contributed by atoms with E-state index in [-0.39, 0.29) is 30.4 Å². The third-order valence-corrected chi connectivity index (χ3v) is 7.72. The Morgan fingerprint density at radius 2 is 1.54 bits per heavy atom. The number of carbonyl (C=O) groups excluding carboxylic acids is 2. The summed E-state index contributed by atoms with van der Waals surface area (Å²) < 4.78 is 48.0. The van der Waals surface area contributed by atoms with Gasteiger partial charge in [0.05, 0.1) is 30.5 Å². The number of carbonyl (C=O) groups is 2. The number of rotatable bonds is 9. The number of nitrogens with zero attached hydrogens (tertiary/aromatic N) is 2. The van der Waals surface area contributed by atoms with Gasteiger partial charge in [-0.15, -0.1) is 0 Å². The highest BCUT2D eigenvalue weighted by molar-refractivity contribution is 6.02. The van der Waals surface area contributed by atoms with Crippen molar-refractivity contribution in [1.82, 2.24) is 14.8 Å². The number of aromatic nitrogens is 1. The Balaban J connectivity index is 1.53. The van der Waals surface area contributed by atoms with Gasteiger partial charge >= 0.3 is 6.09 Å². The Labute approximate surface area is 280 Å². The van der Waals surface area contributed by atoms with Crippen molar-refractivity contribution in [2.24, 2.45) is 0 Å². The molecule has 2 amide bonds. The highest BCUT2D eigenvalue weighted by Gasteiger charge is 2.34. The number of benzene rings is 3. The van der Waals surface area contributed by atoms with Crippen LogP contribution in [0.1, 0.15) is 75.6 Å². The molecule has 0 spiro atoms. The minimum atomic E-state index is -0.811. The molecule has 10 heteroatoms. The van der Waals surface area contributed by atoms with Crippen LogP contribution in [0.3, 0.4) is 0 Å². The maximum Gasteiger partial charge on any atom is 0.410 e. The molecule has 2 heterocycles. The molecule has 0 aliphatic carbocycles. The lowest BCUT2D eigenvalue weighted by Crippen LogP contribution is -2.41. The molecular weight excluding hydrogens is 616 g/mol. The van der Waals surface area contributed by atoms with Gasteiger partial charge in [-0.05, 0) is 83.4 Å². The molecule has 4 aromatic rings. The van der Waals surface area contributed by atoms with Crippen LogP contribution in [-0.2, 0) is 22.7 Å². The molecule has 5 rings (SSSR count). The summed E-state index contributed by atoms with van der Waals surface area (Å²) >= 11 is 0. The lowest BCUT2D eigenvalue weighted by molar-refractivity contribution is 0.0288. The summed E-state index contributed by atoms with van der Waals surface area (Å²) in [6.07, 6.45) is 2.20. The van der Waals surface area contributed by atoms with Crippen LogP contribution in [0.25, 0.3) is 11.1 Å². The van der Waals surface area contributed by atoms with Crippen LogP contribution in [0.5, 0.6) is 11.5 Å². The average molecular weight is 660 g/mol. The minimum Gasteiger partial charge on any atom is -0.451 e. The number of halogens is 2. The van der Waals surface area contributed by atoms with E-state index < -0.39 is 28.5 Å². The molecule has 0 radical (unpaired) electrons. The van der Waals surface area contributed by atoms with E-state index in [4.69, 9.17) is 14.2 Å². The van der Waals surface area contributed by atoms with Gasteiger partial charge in [-0.3, -0.25) is 4.79 Å². The zero-order valence-corrected chi connectivity index (χ0v) is 28.3. The molecule has 3 aromatic carbocycles. The Kier molecular flexibility index (Phi) is 10.2. The molecule has 1 atom stereocenters. The van der Waals surface area contributed by atoms with Gasteiger partial charge in [0.2, 0.25) is 0 Å². The van der Waals surface area contributed by atoms with Crippen molar-refractivity contribution in [3.05, 3.63) is 107 Å². The fourth-order valence-electron chi connectivity index (χ4n) is 5.62. The van der Waals surface area contributed by atoms with Gasteiger partial charge in [0, 0.05) is 30.4 Å². The zero-order chi connectivity index (χ0) is 34.6. The molecule has 1 aliphatic heterocycles. The van der Waals surface area contributed by atoms with Crippen molar-refractivity contribution < 1.29 is 32.6 Å². The predicted octanol–water partition coefficient (Wildman–Crippen LogP) is 8.65. The largest absolute Gasteiger partial charge is 0.451 e. The van der Waals surface area contributed by atoms with Crippen molar-refractivity contribution in [3.63, 3.8) is 0 Å². The predicted molar refractivity (Wildman–Crippen MR) is 180 cm³/mol. The molecule has 0 saturated carbocycles. The third-order valence-electron chi connectivity index (χ3n) is 7.72. The highest BCUT2D eigenvalue weighted by Crippen LogP contribution is 2.36. The lowest BCUT2D eigenvalue weighted by Gasteiger charge is -2.25. The van der Waals surface area contributed by atoms with Crippen LogP contribution in [-0.4, -0.2) is 45.7 Å². The van der Waals surface area contributed by atoms with Crippen LogP contribution in [0, 0.1) is 11.6 Å². The maximum atomic E-state index is 14.3. The van der Waals surface area contributed by atoms with Crippen molar-refractivity contribution in [1.29, 1.82) is 0 Å². The van der Waals surface area contributed by atoms with Crippen molar-refractivity contribution in [2.75, 3.05) is 13.1 Å². The fraction of sp³-hybridized carbons (Fsp3) is 0.368. The fourth-order valence-corrected chi connectivity index (χ4v) is 5.62. The van der Waals surface area contributed by atoms with E-state index in [0.717, 1.165) is 17.7 Å². The number of nitrogens with one attached hydrogen (secondary N) is 1. The molecule has 48 heavy (non-hydrogen) atoms. The SMILES string of the molecule is CC(C)(C)NC(=O)c1c(-c2ccc(Oc3c(F)cccc3F)cc2)cn(C2CCN(C(=O)OC(C)(C)C)C2)c1COCc1ccccc1. The molecule has 1 fully saturated rings. The van der Waals surface area contributed by atoms with E-state index >= 15 is 0 Å². The highest BCUT2D eigenvalue weighted by atomic mass is 19.1. The van der Waals surface area contributed by atoms with Gasteiger partial charge < -0.3 is 29.0 Å². The third kappa shape index (κ3) is 8.60.